The lowest BCUT2D eigenvalue weighted by atomic mass is 10.3. The molecular weight excluding hydrogens is 196 g/mol. The van der Waals surface area contributed by atoms with Crippen LogP contribution in [-0.4, -0.2) is 21.5 Å². The molecule has 1 heterocycles. The van der Waals surface area contributed by atoms with E-state index in [-0.39, 0.29) is 0 Å². The van der Waals surface area contributed by atoms with E-state index in [4.69, 9.17) is 0 Å². The molecule has 1 rings (SSSR count). The third-order valence-electron chi connectivity index (χ3n) is 1.59. The molecule has 76 valence electrons. The van der Waals surface area contributed by atoms with E-state index in [2.05, 4.69) is 23.8 Å². The number of carbonyl (C=O) groups is 1. The molecule has 0 aliphatic heterocycles. The van der Waals surface area contributed by atoms with Gasteiger partial charge in [0.05, 0.1) is 5.75 Å². The lowest BCUT2D eigenvalue weighted by Gasteiger charge is -2.04. The number of carbonyl (C=O) groups excluding carboxylic acids is 1. The summed E-state index contributed by atoms with van der Waals surface area (Å²) in [6.45, 7) is 6.13. The van der Waals surface area contributed by atoms with Crippen LogP contribution in [-0.2, 0) is 5.75 Å². The van der Waals surface area contributed by atoms with Crippen molar-refractivity contribution in [1.82, 2.24) is 9.97 Å². The quantitative estimate of drug-likeness (QED) is 0.715. The Kier molecular flexibility index (Phi) is 4.07. The van der Waals surface area contributed by atoms with Crippen LogP contribution < -0.4 is 0 Å². The number of rotatable bonds is 4. The molecule has 0 aromatic carbocycles. The van der Waals surface area contributed by atoms with Crippen LogP contribution in [0.25, 0.3) is 0 Å². The first-order valence-corrected chi connectivity index (χ1v) is 5.58. The second-order valence-electron chi connectivity index (χ2n) is 3.33. The largest absolute Gasteiger partial charge is 0.296 e. The SMILES string of the molecule is Cc1cc(C=O)nc(CSC(C)C)n1. The van der Waals surface area contributed by atoms with E-state index >= 15 is 0 Å². The highest BCUT2D eigenvalue weighted by molar-refractivity contribution is 7.99. The number of hydrogen-bond acceptors (Lipinski definition) is 4. The van der Waals surface area contributed by atoms with Crippen LogP contribution in [0.2, 0.25) is 0 Å². The van der Waals surface area contributed by atoms with Gasteiger partial charge in [0.25, 0.3) is 0 Å². The minimum absolute atomic E-state index is 0.469. The molecule has 0 amide bonds. The van der Waals surface area contributed by atoms with Gasteiger partial charge in [-0.2, -0.15) is 11.8 Å². The Morgan fingerprint density at radius 3 is 2.79 bits per heavy atom. The minimum atomic E-state index is 0.469. The molecule has 0 atom stereocenters. The van der Waals surface area contributed by atoms with Crippen molar-refractivity contribution in [2.45, 2.75) is 31.8 Å². The molecule has 0 N–H and O–H groups in total. The average molecular weight is 210 g/mol. The molecule has 0 fully saturated rings. The summed E-state index contributed by atoms with van der Waals surface area (Å²) in [6, 6.07) is 1.69. The fourth-order valence-electron chi connectivity index (χ4n) is 1.02. The molecule has 0 bridgehead atoms. The van der Waals surface area contributed by atoms with E-state index < -0.39 is 0 Å². The zero-order valence-corrected chi connectivity index (χ0v) is 9.47. The lowest BCUT2D eigenvalue weighted by Crippen LogP contribution is -2.00. The maximum absolute atomic E-state index is 10.6. The van der Waals surface area contributed by atoms with Gasteiger partial charge in [-0.15, -0.1) is 0 Å². The highest BCUT2D eigenvalue weighted by atomic mass is 32.2. The molecule has 0 radical (unpaired) electrons. The van der Waals surface area contributed by atoms with Gasteiger partial charge in [-0.1, -0.05) is 13.8 Å². The maximum Gasteiger partial charge on any atom is 0.168 e. The van der Waals surface area contributed by atoms with Crippen LogP contribution in [0.15, 0.2) is 6.07 Å². The second-order valence-corrected chi connectivity index (χ2v) is 4.89. The van der Waals surface area contributed by atoms with Crippen LogP contribution in [0, 0.1) is 6.92 Å². The first-order valence-electron chi connectivity index (χ1n) is 4.53. The summed E-state index contributed by atoms with van der Waals surface area (Å²) >= 11 is 1.77. The zero-order valence-electron chi connectivity index (χ0n) is 8.65. The Balaban J connectivity index is 2.76. The molecule has 0 saturated heterocycles. The number of aryl methyl sites for hydroxylation is 1. The molecule has 0 unspecified atom stereocenters. The molecule has 14 heavy (non-hydrogen) atoms. The van der Waals surface area contributed by atoms with Gasteiger partial charge < -0.3 is 0 Å². The van der Waals surface area contributed by atoms with Crippen molar-refractivity contribution >= 4 is 18.0 Å². The van der Waals surface area contributed by atoms with Gasteiger partial charge in [-0.05, 0) is 18.2 Å². The molecular formula is C10H14N2OS. The molecule has 4 heteroatoms. The number of hydrogen-bond donors (Lipinski definition) is 0. The molecule has 0 aliphatic rings. The van der Waals surface area contributed by atoms with Crippen LogP contribution in [0.1, 0.15) is 35.9 Å². The third kappa shape index (κ3) is 3.46. The van der Waals surface area contributed by atoms with Crippen molar-refractivity contribution in [2.24, 2.45) is 0 Å². The zero-order chi connectivity index (χ0) is 10.6. The fraction of sp³-hybridized carbons (Fsp3) is 0.500. The van der Waals surface area contributed by atoms with E-state index in [1.165, 1.54) is 0 Å². The summed E-state index contributed by atoms with van der Waals surface area (Å²) in [5, 5.41) is 0.554. The van der Waals surface area contributed by atoms with E-state index in [1.807, 2.05) is 6.92 Å². The Morgan fingerprint density at radius 1 is 1.50 bits per heavy atom. The number of aldehydes is 1. The summed E-state index contributed by atoms with van der Waals surface area (Å²) in [5.41, 5.74) is 1.32. The maximum atomic E-state index is 10.6. The van der Waals surface area contributed by atoms with E-state index in [0.29, 0.717) is 10.9 Å². The van der Waals surface area contributed by atoms with Gasteiger partial charge in [-0.25, -0.2) is 9.97 Å². The van der Waals surface area contributed by atoms with Gasteiger partial charge >= 0.3 is 0 Å². The summed E-state index contributed by atoms with van der Waals surface area (Å²) in [5.74, 6) is 1.51. The highest BCUT2D eigenvalue weighted by Gasteiger charge is 2.03. The van der Waals surface area contributed by atoms with Crippen molar-refractivity contribution in [3.8, 4) is 0 Å². The van der Waals surface area contributed by atoms with Crippen LogP contribution in [0.5, 0.6) is 0 Å². The third-order valence-corrected chi connectivity index (χ3v) is 2.68. The highest BCUT2D eigenvalue weighted by Crippen LogP contribution is 2.14. The van der Waals surface area contributed by atoms with Crippen molar-refractivity contribution < 1.29 is 4.79 Å². The Morgan fingerprint density at radius 2 is 2.21 bits per heavy atom. The van der Waals surface area contributed by atoms with Crippen molar-refractivity contribution in [3.05, 3.63) is 23.3 Å². The number of aromatic nitrogens is 2. The standard InChI is InChI=1S/C10H14N2OS/c1-7(2)14-6-10-11-8(3)4-9(5-13)12-10/h4-5,7H,6H2,1-3H3. The topological polar surface area (TPSA) is 42.9 Å². The van der Waals surface area contributed by atoms with Gasteiger partial charge in [0.1, 0.15) is 11.5 Å². The summed E-state index contributed by atoms with van der Waals surface area (Å²) in [6.07, 6.45) is 0.762. The first kappa shape index (κ1) is 11.2. The van der Waals surface area contributed by atoms with Gasteiger partial charge in [-0.3, -0.25) is 4.79 Å². The predicted octanol–water partition coefficient (Wildman–Crippen LogP) is 2.24. The fourth-order valence-corrected chi connectivity index (χ4v) is 1.63. The van der Waals surface area contributed by atoms with Crippen molar-refractivity contribution in [2.75, 3.05) is 0 Å². The first-order chi connectivity index (χ1) is 6.61. The van der Waals surface area contributed by atoms with Gasteiger partial charge in [0.15, 0.2) is 6.29 Å². The van der Waals surface area contributed by atoms with E-state index in [0.717, 1.165) is 23.6 Å². The summed E-state index contributed by atoms with van der Waals surface area (Å²) < 4.78 is 0. The Labute approximate surface area is 88.3 Å². The Hall–Kier alpha value is -0.900. The van der Waals surface area contributed by atoms with Crippen molar-refractivity contribution in [3.63, 3.8) is 0 Å². The molecule has 1 aromatic rings. The van der Waals surface area contributed by atoms with Gasteiger partial charge in [0, 0.05) is 5.69 Å². The molecule has 0 saturated carbocycles. The predicted molar refractivity (Wildman–Crippen MR) is 58.6 cm³/mol. The molecule has 1 aromatic heterocycles. The second kappa shape index (κ2) is 5.10. The smallest absolute Gasteiger partial charge is 0.168 e. The van der Waals surface area contributed by atoms with Crippen LogP contribution in [0.3, 0.4) is 0 Å². The minimum Gasteiger partial charge on any atom is -0.296 e. The molecule has 0 aliphatic carbocycles. The normalized spacial score (nSPS) is 10.6. The van der Waals surface area contributed by atoms with E-state index in [1.54, 1.807) is 17.8 Å². The molecule has 0 spiro atoms. The average Bonchev–Trinajstić information content (AvgIpc) is 2.14. The monoisotopic (exact) mass is 210 g/mol. The lowest BCUT2D eigenvalue weighted by molar-refractivity contribution is 0.111. The van der Waals surface area contributed by atoms with E-state index in [9.17, 15) is 4.79 Å². The van der Waals surface area contributed by atoms with Crippen LogP contribution in [0.4, 0.5) is 0 Å². The molecule has 3 nitrogen and oxygen atoms in total. The number of thioether (sulfide) groups is 1. The summed E-state index contributed by atoms with van der Waals surface area (Å²) in [4.78, 5) is 18.9. The Bertz CT molecular complexity index is 326. The van der Waals surface area contributed by atoms with Crippen LogP contribution >= 0.6 is 11.8 Å². The van der Waals surface area contributed by atoms with Crippen molar-refractivity contribution in [1.29, 1.82) is 0 Å². The summed E-state index contributed by atoms with van der Waals surface area (Å²) in [7, 11) is 0. The number of nitrogens with zero attached hydrogens (tertiary/aromatic N) is 2. The van der Waals surface area contributed by atoms with Gasteiger partial charge in [0.2, 0.25) is 0 Å².